The van der Waals surface area contributed by atoms with Crippen LogP contribution in [0.2, 0.25) is 0 Å². The van der Waals surface area contributed by atoms with Crippen LogP contribution in [0, 0.1) is 0 Å². The largest absolute Gasteiger partial charge is 0.310 e. The van der Waals surface area contributed by atoms with Gasteiger partial charge in [0.2, 0.25) is 0 Å². The Balaban J connectivity index is 0.994. The molecule has 0 amide bonds. The topological polar surface area (TPSA) is 3.24 Å². The highest BCUT2D eigenvalue weighted by atomic mass is 15.1. The molecule has 0 saturated heterocycles. The number of hydrogen-bond acceptors (Lipinski definition) is 1. The summed E-state index contributed by atoms with van der Waals surface area (Å²) >= 11 is 0. The van der Waals surface area contributed by atoms with Crippen molar-refractivity contribution in [1.82, 2.24) is 0 Å². The highest BCUT2D eigenvalue weighted by Gasteiger charge is 2.47. The van der Waals surface area contributed by atoms with Gasteiger partial charge in [0.25, 0.3) is 0 Å². The van der Waals surface area contributed by atoms with Crippen molar-refractivity contribution in [2.45, 2.75) is 24.7 Å². The minimum Gasteiger partial charge on any atom is -0.310 e. The van der Waals surface area contributed by atoms with Crippen LogP contribution in [0.1, 0.15) is 47.2 Å². The lowest BCUT2D eigenvalue weighted by molar-refractivity contribution is 0.660. The molecule has 2 aliphatic carbocycles. The maximum Gasteiger partial charge on any atom is 0.0714 e. The van der Waals surface area contributed by atoms with E-state index in [1.807, 2.05) is 0 Å². The summed E-state index contributed by atoms with van der Waals surface area (Å²) < 4.78 is 0. The number of nitrogens with zero attached hydrogens (tertiary/aromatic N) is 1. The molecule has 0 unspecified atom stereocenters. The molecule has 0 spiro atoms. The zero-order valence-corrected chi connectivity index (χ0v) is 38.8. The van der Waals surface area contributed by atoms with Gasteiger partial charge in [0, 0.05) is 22.4 Å². The standard InChI is InChI=1S/C68H49N/c1-67(2)61-33-13-11-30-58(61)59-42-39-50(45-64(59)67)46-37-40-54(41-38-46)69(55-28-16-22-49(44-55)48-21-15-23-51(43-48)57-32-17-20-47-19-9-10-29-56(47)57)65-36-18-35-63-66(65)60-31-12-14-34-62(60)68(63,52-24-5-3-6-25-52)53-26-7-4-8-27-53/h3-45H,1-2H3. The molecule has 0 atom stereocenters. The summed E-state index contributed by atoms with van der Waals surface area (Å²) in [5, 5.41) is 2.50. The van der Waals surface area contributed by atoms with Crippen LogP contribution in [-0.4, -0.2) is 0 Å². The Bertz CT molecular complexity index is 3700. The van der Waals surface area contributed by atoms with Gasteiger partial charge in [-0.25, -0.2) is 0 Å². The van der Waals surface area contributed by atoms with Crippen molar-refractivity contribution in [2.24, 2.45) is 0 Å². The molecule has 11 aromatic carbocycles. The van der Waals surface area contributed by atoms with Gasteiger partial charge in [-0.05, 0) is 137 Å². The van der Waals surface area contributed by atoms with Crippen LogP contribution in [-0.2, 0) is 10.8 Å². The van der Waals surface area contributed by atoms with Crippen LogP contribution in [0.3, 0.4) is 0 Å². The van der Waals surface area contributed by atoms with E-state index in [-0.39, 0.29) is 5.41 Å². The van der Waals surface area contributed by atoms with Crippen molar-refractivity contribution < 1.29 is 0 Å². The Kier molecular flexibility index (Phi) is 9.49. The SMILES string of the molecule is CC1(C)c2ccccc2-c2ccc(-c3ccc(N(c4cccc(-c5cccc(-c6cccc7ccccc67)c5)c4)c4cccc5c4-c4ccccc4C5(c4ccccc4)c4ccccc4)cc3)cc21. The second-order valence-corrected chi connectivity index (χ2v) is 19.2. The first-order chi connectivity index (χ1) is 34.0. The molecule has 0 radical (unpaired) electrons. The molecule has 0 heterocycles. The summed E-state index contributed by atoms with van der Waals surface area (Å²) in [5.74, 6) is 0. The number of benzene rings is 11. The molecule has 0 saturated carbocycles. The molecule has 0 aliphatic heterocycles. The summed E-state index contributed by atoms with van der Waals surface area (Å²) in [4.78, 5) is 2.49. The first-order valence-electron chi connectivity index (χ1n) is 24.2. The van der Waals surface area contributed by atoms with Gasteiger partial charge in [-0.3, -0.25) is 0 Å². The van der Waals surface area contributed by atoms with Gasteiger partial charge in [-0.2, -0.15) is 0 Å². The van der Waals surface area contributed by atoms with E-state index in [0.717, 1.165) is 22.6 Å². The van der Waals surface area contributed by atoms with Gasteiger partial charge >= 0.3 is 0 Å². The van der Waals surface area contributed by atoms with Gasteiger partial charge < -0.3 is 4.90 Å². The monoisotopic (exact) mass is 879 g/mol. The smallest absolute Gasteiger partial charge is 0.0714 e. The number of anilines is 3. The fourth-order valence-electron chi connectivity index (χ4n) is 11.9. The molecule has 0 fully saturated rings. The lowest BCUT2D eigenvalue weighted by Crippen LogP contribution is -2.28. The molecule has 0 aromatic heterocycles. The Morgan fingerprint density at radius 2 is 0.841 bits per heavy atom. The van der Waals surface area contributed by atoms with Gasteiger partial charge in [0.1, 0.15) is 0 Å². The minimum atomic E-state index is -0.523. The van der Waals surface area contributed by atoms with E-state index in [9.17, 15) is 0 Å². The molecular weight excluding hydrogens is 831 g/mol. The van der Waals surface area contributed by atoms with E-state index in [1.54, 1.807) is 0 Å². The van der Waals surface area contributed by atoms with E-state index in [1.165, 1.54) is 94.2 Å². The zero-order chi connectivity index (χ0) is 46.1. The predicted molar refractivity (Wildman–Crippen MR) is 290 cm³/mol. The Labute approximate surface area is 405 Å². The number of fused-ring (bicyclic) bond motifs is 7. The predicted octanol–water partition coefficient (Wildman–Crippen LogP) is 18.0. The van der Waals surface area contributed by atoms with Crippen molar-refractivity contribution in [3.8, 4) is 55.6 Å². The van der Waals surface area contributed by atoms with Crippen LogP contribution >= 0.6 is 0 Å². The average Bonchev–Trinajstić information content (AvgIpc) is 3.85. The first-order valence-corrected chi connectivity index (χ1v) is 24.2. The fraction of sp³-hybridized carbons (Fsp3) is 0.0588. The molecule has 1 heteroatoms. The summed E-state index contributed by atoms with van der Waals surface area (Å²) in [6.45, 7) is 4.72. The molecule has 2 aliphatic rings. The quantitative estimate of drug-likeness (QED) is 0.147. The molecular formula is C68H49N. The van der Waals surface area contributed by atoms with Crippen LogP contribution in [0.25, 0.3) is 66.4 Å². The van der Waals surface area contributed by atoms with E-state index in [4.69, 9.17) is 0 Å². The number of rotatable bonds is 8. The second kappa shape index (κ2) is 16.1. The maximum absolute atomic E-state index is 2.49. The lowest BCUT2D eigenvalue weighted by Gasteiger charge is -2.34. The fourth-order valence-corrected chi connectivity index (χ4v) is 11.9. The van der Waals surface area contributed by atoms with E-state index < -0.39 is 5.41 Å². The van der Waals surface area contributed by atoms with Crippen molar-refractivity contribution in [3.63, 3.8) is 0 Å². The van der Waals surface area contributed by atoms with E-state index in [0.29, 0.717) is 0 Å². The third kappa shape index (κ3) is 6.38. The second-order valence-electron chi connectivity index (χ2n) is 19.2. The Morgan fingerprint density at radius 3 is 1.62 bits per heavy atom. The van der Waals surface area contributed by atoms with Crippen LogP contribution < -0.4 is 4.90 Å². The summed E-state index contributed by atoms with van der Waals surface area (Å²) in [6, 6.07) is 96.8. The van der Waals surface area contributed by atoms with Crippen molar-refractivity contribution >= 4 is 27.8 Å². The third-order valence-corrected chi connectivity index (χ3v) is 15.1. The van der Waals surface area contributed by atoms with Gasteiger partial charge in [-0.15, -0.1) is 0 Å². The van der Waals surface area contributed by atoms with Crippen LogP contribution in [0.5, 0.6) is 0 Å². The first kappa shape index (κ1) is 40.7. The number of hydrogen-bond donors (Lipinski definition) is 0. The molecule has 11 aromatic rings. The molecule has 0 N–H and O–H groups in total. The molecule has 0 bridgehead atoms. The molecule has 69 heavy (non-hydrogen) atoms. The Morgan fingerprint density at radius 1 is 0.304 bits per heavy atom. The van der Waals surface area contributed by atoms with Crippen LogP contribution in [0.4, 0.5) is 17.1 Å². The molecule has 326 valence electrons. The normalized spacial score (nSPS) is 13.6. The highest BCUT2D eigenvalue weighted by molar-refractivity contribution is 5.99. The van der Waals surface area contributed by atoms with E-state index in [2.05, 4.69) is 280 Å². The van der Waals surface area contributed by atoms with Crippen molar-refractivity contribution in [3.05, 3.63) is 294 Å². The molecule has 1 nitrogen and oxygen atoms in total. The lowest BCUT2D eigenvalue weighted by atomic mass is 9.68. The summed E-state index contributed by atoms with van der Waals surface area (Å²) in [5.41, 5.74) is 23.0. The van der Waals surface area contributed by atoms with Gasteiger partial charge in [0.05, 0.1) is 11.1 Å². The molecule has 13 rings (SSSR count). The van der Waals surface area contributed by atoms with Crippen LogP contribution in [0.15, 0.2) is 261 Å². The zero-order valence-electron chi connectivity index (χ0n) is 38.8. The maximum atomic E-state index is 2.49. The van der Waals surface area contributed by atoms with Gasteiger partial charge in [-0.1, -0.05) is 232 Å². The van der Waals surface area contributed by atoms with Crippen molar-refractivity contribution in [2.75, 3.05) is 4.90 Å². The third-order valence-electron chi connectivity index (χ3n) is 15.1. The highest BCUT2D eigenvalue weighted by Crippen LogP contribution is 2.60. The van der Waals surface area contributed by atoms with Gasteiger partial charge in [0.15, 0.2) is 0 Å². The van der Waals surface area contributed by atoms with E-state index >= 15 is 0 Å². The average molecular weight is 880 g/mol. The summed E-state index contributed by atoms with van der Waals surface area (Å²) in [6.07, 6.45) is 0. The Hall–Kier alpha value is -8.52. The minimum absolute atomic E-state index is 0.0726. The summed E-state index contributed by atoms with van der Waals surface area (Å²) in [7, 11) is 0. The van der Waals surface area contributed by atoms with Crippen molar-refractivity contribution in [1.29, 1.82) is 0 Å².